The molecule has 1 aliphatic heterocycles. The summed E-state index contributed by atoms with van der Waals surface area (Å²) in [7, 11) is 2.14. The van der Waals surface area contributed by atoms with Crippen molar-refractivity contribution in [3.63, 3.8) is 0 Å². The van der Waals surface area contributed by atoms with E-state index < -0.39 is 0 Å². The molecular weight excluding hydrogens is 254 g/mol. The zero-order valence-electron chi connectivity index (χ0n) is 11.8. The molecule has 3 nitrogen and oxygen atoms in total. The summed E-state index contributed by atoms with van der Waals surface area (Å²) in [6.07, 6.45) is 2.33. The average molecular weight is 277 g/mol. The van der Waals surface area contributed by atoms with Crippen LogP contribution in [0.1, 0.15) is 19.8 Å². The van der Waals surface area contributed by atoms with Crippen LogP contribution >= 0.6 is 11.8 Å². The van der Waals surface area contributed by atoms with Crippen LogP contribution in [0.25, 0.3) is 0 Å². The number of anilines is 1. The number of thioether (sulfide) groups is 1. The third-order valence-electron chi connectivity index (χ3n) is 3.26. The fraction of sp³-hybridized carbons (Fsp3) is 0.533. The molecule has 1 aromatic carbocycles. The van der Waals surface area contributed by atoms with Gasteiger partial charge in [-0.05, 0) is 31.9 Å². The molecule has 1 atom stereocenters. The van der Waals surface area contributed by atoms with Crippen molar-refractivity contribution in [3.8, 4) is 0 Å². The predicted octanol–water partition coefficient (Wildman–Crippen LogP) is 2.98. The Bertz CT molecular complexity index is 405. The zero-order chi connectivity index (χ0) is 13.5. The van der Waals surface area contributed by atoms with Crippen molar-refractivity contribution < 1.29 is 0 Å². The molecule has 1 saturated heterocycles. The van der Waals surface area contributed by atoms with Crippen LogP contribution in [-0.2, 0) is 0 Å². The van der Waals surface area contributed by atoms with Crippen molar-refractivity contribution in [3.05, 3.63) is 30.3 Å². The van der Waals surface area contributed by atoms with Crippen LogP contribution < -0.4 is 10.2 Å². The van der Waals surface area contributed by atoms with Crippen LogP contribution in [0.4, 0.5) is 5.69 Å². The maximum atomic E-state index is 4.64. The van der Waals surface area contributed by atoms with E-state index in [2.05, 4.69) is 59.5 Å². The minimum Gasteiger partial charge on any atom is -0.375 e. The van der Waals surface area contributed by atoms with Crippen molar-refractivity contribution in [2.45, 2.75) is 25.8 Å². The first-order chi connectivity index (χ1) is 9.25. The first kappa shape index (κ1) is 14.3. The predicted molar refractivity (Wildman–Crippen MR) is 86.3 cm³/mol. The Morgan fingerprint density at radius 2 is 2.16 bits per heavy atom. The molecule has 1 aliphatic rings. The van der Waals surface area contributed by atoms with E-state index in [9.17, 15) is 0 Å². The van der Waals surface area contributed by atoms with E-state index in [1.165, 1.54) is 17.9 Å². The number of amidine groups is 1. The van der Waals surface area contributed by atoms with Gasteiger partial charge in [0.15, 0.2) is 5.17 Å². The standard InChI is InChI=1S/C15H23N3S/c1-13-9-12-19-15(17-13)16-10-6-11-18(2)14-7-4-3-5-8-14/h3-5,7-8,13H,6,9-12H2,1-2H3,(H,16,17). The van der Waals surface area contributed by atoms with E-state index in [1.807, 2.05) is 11.8 Å². The van der Waals surface area contributed by atoms with Crippen molar-refractivity contribution in [1.29, 1.82) is 0 Å². The molecule has 19 heavy (non-hydrogen) atoms. The van der Waals surface area contributed by atoms with Crippen molar-refractivity contribution in [2.24, 2.45) is 4.99 Å². The monoisotopic (exact) mass is 277 g/mol. The Morgan fingerprint density at radius 1 is 1.37 bits per heavy atom. The van der Waals surface area contributed by atoms with E-state index in [1.54, 1.807) is 0 Å². The summed E-state index contributed by atoms with van der Waals surface area (Å²) in [5.41, 5.74) is 1.27. The first-order valence-corrected chi connectivity index (χ1v) is 7.94. The van der Waals surface area contributed by atoms with Gasteiger partial charge in [0.2, 0.25) is 0 Å². The van der Waals surface area contributed by atoms with Crippen molar-refractivity contribution in [2.75, 3.05) is 30.8 Å². The van der Waals surface area contributed by atoms with E-state index in [-0.39, 0.29) is 0 Å². The number of hydrogen-bond acceptors (Lipinski definition) is 3. The second-order valence-electron chi connectivity index (χ2n) is 4.98. The van der Waals surface area contributed by atoms with Crippen molar-refractivity contribution >= 4 is 22.6 Å². The van der Waals surface area contributed by atoms with E-state index in [4.69, 9.17) is 0 Å². The molecule has 0 radical (unpaired) electrons. The third-order valence-corrected chi connectivity index (χ3v) is 4.22. The average Bonchev–Trinajstić information content (AvgIpc) is 2.44. The molecule has 1 aromatic rings. The Kier molecular flexibility index (Phi) is 5.58. The normalized spacial score (nSPS) is 21.2. The molecule has 0 aliphatic carbocycles. The third kappa shape index (κ3) is 4.78. The van der Waals surface area contributed by atoms with Crippen LogP contribution in [0.3, 0.4) is 0 Å². The van der Waals surface area contributed by atoms with Crippen LogP contribution in [-0.4, -0.2) is 37.1 Å². The Morgan fingerprint density at radius 3 is 2.89 bits per heavy atom. The molecule has 2 rings (SSSR count). The number of nitrogens with zero attached hydrogens (tertiary/aromatic N) is 2. The number of nitrogens with one attached hydrogen (secondary N) is 1. The van der Waals surface area contributed by atoms with Crippen LogP contribution in [0, 0.1) is 0 Å². The van der Waals surface area contributed by atoms with E-state index in [0.29, 0.717) is 6.04 Å². The van der Waals surface area contributed by atoms with Gasteiger partial charge in [0.25, 0.3) is 0 Å². The molecule has 1 fully saturated rings. The number of aliphatic imine (C=N–C) groups is 1. The molecule has 1 unspecified atom stereocenters. The minimum absolute atomic E-state index is 0.576. The highest BCUT2D eigenvalue weighted by Gasteiger charge is 2.12. The maximum Gasteiger partial charge on any atom is 0.156 e. The summed E-state index contributed by atoms with van der Waals surface area (Å²) in [6, 6.07) is 11.1. The van der Waals surface area contributed by atoms with Gasteiger partial charge in [-0.3, -0.25) is 4.99 Å². The first-order valence-electron chi connectivity index (χ1n) is 6.95. The van der Waals surface area contributed by atoms with E-state index >= 15 is 0 Å². The highest BCUT2D eigenvalue weighted by atomic mass is 32.2. The largest absolute Gasteiger partial charge is 0.375 e. The van der Waals surface area contributed by atoms with Crippen LogP contribution in [0.15, 0.2) is 35.3 Å². The van der Waals surface area contributed by atoms with Gasteiger partial charge in [0.05, 0.1) is 0 Å². The zero-order valence-corrected chi connectivity index (χ0v) is 12.6. The highest BCUT2D eigenvalue weighted by Crippen LogP contribution is 2.14. The molecular formula is C15H23N3S. The molecule has 1 N–H and O–H groups in total. The van der Waals surface area contributed by atoms with Gasteiger partial charge in [-0.25, -0.2) is 0 Å². The number of para-hydroxylation sites is 1. The lowest BCUT2D eigenvalue weighted by atomic mass is 10.3. The van der Waals surface area contributed by atoms with Crippen LogP contribution in [0.5, 0.6) is 0 Å². The van der Waals surface area contributed by atoms with Crippen LogP contribution in [0.2, 0.25) is 0 Å². The smallest absolute Gasteiger partial charge is 0.156 e. The fourth-order valence-corrected chi connectivity index (χ4v) is 3.18. The molecule has 0 aromatic heterocycles. The summed E-state index contributed by atoms with van der Waals surface area (Å²) >= 11 is 1.85. The van der Waals surface area contributed by atoms with Gasteiger partial charge >= 0.3 is 0 Å². The number of rotatable bonds is 5. The molecule has 0 amide bonds. The second-order valence-corrected chi connectivity index (χ2v) is 6.06. The lowest BCUT2D eigenvalue weighted by Gasteiger charge is -2.22. The number of benzene rings is 1. The van der Waals surface area contributed by atoms with Crippen molar-refractivity contribution in [1.82, 2.24) is 5.32 Å². The van der Waals surface area contributed by atoms with Gasteiger partial charge in [-0.15, -0.1) is 0 Å². The number of hydrogen-bond donors (Lipinski definition) is 1. The van der Waals surface area contributed by atoms with Gasteiger partial charge in [-0.1, -0.05) is 30.0 Å². The molecule has 4 heteroatoms. The van der Waals surface area contributed by atoms with Gasteiger partial charge < -0.3 is 10.2 Å². The summed E-state index contributed by atoms with van der Waals surface area (Å²) < 4.78 is 0. The molecule has 104 valence electrons. The Balaban J connectivity index is 1.70. The molecule has 1 heterocycles. The van der Waals surface area contributed by atoms with Gasteiger partial charge in [0.1, 0.15) is 0 Å². The lowest BCUT2D eigenvalue weighted by molar-refractivity contribution is 0.641. The Labute approximate surface area is 120 Å². The highest BCUT2D eigenvalue weighted by molar-refractivity contribution is 8.13. The molecule has 0 saturated carbocycles. The van der Waals surface area contributed by atoms with Gasteiger partial charge in [0, 0.05) is 37.6 Å². The Hall–Kier alpha value is -1.16. The summed E-state index contributed by atoms with van der Waals surface area (Å²) in [5, 5.41) is 4.56. The quantitative estimate of drug-likeness (QED) is 0.839. The van der Waals surface area contributed by atoms with Gasteiger partial charge in [-0.2, -0.15) is 0 Å². The fourth-order valence-electron chi connectivity index (χ4n) is 2.05. The maximum absolute atomic E-state index is 4.64. The SMILES string of the molecule is CC1CCSC(=NCCCN(C)c2ccccc2)N1. The summed E-state index contributed by atoms with van der Waals surface area (Å²) in [5.74, 6) is 1.19. The summed E-state index contributed by atoms with van der Waals surface area (Å²) in [6.45, 7) is 4.17. The molecule has 0 bridgehead atoms. The summed E-state index contributed by atoms with van der Waals surface area (Å²) in [4.78, 5) is 6.92. The van der Waals surface area contributed by atoms with E-state index in [0.717, 1.165) is 24.7 Å². The second kappa shape index (κ2) is 7.43. The topological polar surface area (TPSA) is 27.6 Å². The lowest BCUT2D eigenvalue weighted by Crippen LogP contribution is -2.35. The minimum atomic E-state index is 0.576. The molecule has 0 spiro atoms.